The summed E-state index contributed by atoms with van der Waals surface area (Å²) in [6, 6.07) is 22.0. The summed E-state index contributed by atoms with van der Waals surface area (Å²) in [5.41, 5.74) is 2.20. The Kier molecular flexibility index (Phi) is 6.70. The molecule has 9 heteroatoms. The maximum absolute atomic E-state index is 12.4. The van der Waals surface area contributed by atoms with E-state index in [1.165, 1.54) is 33.9 Å². The number of halogens is 3. The number of fused-ring (bicyclic) bond motifs is 2. The van der Waals surface area contributed by atoms with Gasteiger partial charge in [-0.15, -0.1) is 13.2 Å². The van der Waals surface area contributed by atoms with Crippen LogP contribution in [0.15, 0.2) is 87.5 Å². The number of rotatable bonds is 5. The van der Waals surface area contributed by atoms with Crippen LogP contribution < -0.4 is 14.4 Å². The van der Waals surface area contributed by atoms with Crippen LogP contribution in [-0.2, 0) is 0 Å². The van der Waals surface area contributed by atoms with Crippen LogP contribution in [0.2, 0.25) is 0 Å². The molecule has 3 aromatic carbocycles. The maximum atomic E-state index is 12.4. The number of nitrogens with zero attached hydrogens (tertiary/aromatic N) is 1. The maximum Gasteiger partial charge on any atom is 0.573 e. The van der Waals surface area contributed by atoms with Gasteiger partial charge in [0.2, 0.25) is 0 Å². The Morgan fingerprint density at radius 1 is 0.912 bits per heavy atom. The first kappa shape index (κ1) is 23.4. The van der Waals surface area contributed by atoms with Crippen LogP contribution in [0.5, 0.6) is 5.75 Å². The first-order valence-electron chi connectivity index (χ1n) is 11.0. The van der Waals surface area contributed by atoms with E-state index in [9.17, 15) is 18.3 Å². The molecule has 178 valence electrons. The van der Waals surface area contributed by atoms with Crippen molar-refractivity contribution in [3.8, 4) is 5.75 Å². The summed E-state index contributed by atoms with van der Waals surface area (Å²) in [5, 5.41) is 11.4. The third-order valence-electron chi connectivity index (χ3n) is 6.01. The fraction of sp³-hybridized carbons (Fsp3) is 0.280. The van der Waals surface area contributed by atoms with Crippen LogP contribution in [0.1, 0.15) is 19.3 Å². The lowest BCUT2D eigenvalue weighted by molar-refractivity contribution is -0.274. The molecule has 1 fully saturated rings. The monoisotopic (exact) mass is 504 g/mol. The van der Waals surface area contributed by atoms with E-state index < -0.39 is 12.5 Å². The van der Waals surface area contributed by atoms with E-state index in [1.54, 1.807) is 23.9 Å². The number of aliphatic hydroxyl groups is 1. The summed E-state index contributed by atoms with van der Waals surface area (Å²) >= 11 is 3.05. The zero-order valence-electron chi connectivity index (χ0n) is 18.0. The zero-order chi connectivity index (χ0) is 23.7. The van der Waals surface area contributed by atoms with Gasteiger partial charge in [-0.05, 0) is 79.7 Å². The standard InChI is InChI=1S/C25H23F3N2O2S2/c26-25(27,28)32-16-12-14-17(15-13-16)34-29-18-6-5-9-21(24(18)31)30-19-7-1-3-10-22(19)33-23-11-4-2-8-20(23)30/h1-4,7-8,10-15,18,21,24,29,31H,5-6,9H2. The van der Waals surface area contributed by atoms with Crippen molar-refractivity contribution in [2.45, 2.75) is 58.5 Å². The average Bonchev–Trinajstić information content (AvgIpc) is 2.82. The molecule has 1 heterocycles. The van der Waals surface area contributed by atoms with Crippen molar-refractivity contribution in [2.24, 2.45) is 0 Å². The first-order chi connectivity index (χ1) is 16.4. The molecule has 0 bridgehead atoms. The average molecular weight is 505 g/mol. The smallest absolute Gasteiger partial charge is 0.406 e. The van der Waals surface area contributed by atoms with Crippen LogP contribution in [0.3, 0.4) is 0 Å². The number of alkyl halides is 3. The van der Waals surface area contributed by atoms with Crippen molar-refractivity contribution in [2.75, 3.05) is 4.90 Å². The summed E-state index contributed by atoms with van der Waals surface area (Å²) in [6.45, 7) is 0. The highest BCUT2D eigenvalue weighted by molar-refractivity contribution is 7.99. The van der Waals surface area contributed by atoms with Gasteiger partial charge in [-0.25, -0.2) is 0 Å². The van der Waals surface area contributed by atoms with Crippen molar-refractivity contribution >= 4 is 35.1 Å². The van der Waals surface area contributed by atoms with Gasteiger partial charge >= 0.3 is 6.36 Å². The molecule has 0 aromatic heterocycles. The lowest BCUT2D eigenvalue weighted by atomic mass is 9.87. The van der Waals surface area contributed by atoms with Gasteiger partial charge < -0.3 is 14.7 Å². The number of benzene rings is 3. The lowest BCUT2D eigenvalue weighted by Gasteiger charge is -2.45. The molecule has 1 aliphatic carbocycles. The SMILES string of the molecule is OC1C(NSc2ccc(OC(F)(F)F)cc2)CCCC1N1c2ccccc2Sc2ccccc21. The number of nitrogens with one attached hydrogen (secondary N) is 1. The van der Waals surface area contributed by atoms with Gasteiger partial charge in [0, 0.05) is 20.7 Å². The molecule has 2 N–H and O–H groups in total. The molecular weight excluding hydrogens is 481 g/mol. The second kappa shape index (κ2) is 9.73. The van der Waals surface area contributed by atoms with E-state index in [0.717, 1.165) is 35.5 Å². The van der Waals surface area contributed by atoms with Crippen LogP contribution in [0.4, 0.5) is 24.5 Å². The quantitative estimate of drug-likeness (QED) is 0.374. The minimum absolute atomic E-state index is 0.0994. The molecule has 0 spiro atoms. The number of aliphatic hydroxyl groups excluding tert-OH is 1. The molecule has 0 radical (unpaired) electrons. The molecule has 3 atom stereocenters. The molecule has 4 nitrogen and oxygen atoms in total. The van der Waals surface area contributed by atoms with E-state index in [4.69, 9.17) is 0 Å². The van der Waals surface area contributed by atoms with E-state index in [1.807, 2.05) is 24.3 Å². The normalized spacial score (nSPS) is 22.1. The summed E-state index contributed by atoms with van der Waals surface area (Å²) < 4.78 is 44.4. The fourth-order valence-corrected chi connectivity index (χ4v) is 6.40. The highest BCUT2D eigenvalue weighted by atomic mass is 32.2. The zero-order valence-corrected chi connectivity index (χ0v) is 19.7. The molecule has 0 saturated heterocycles. The molecule has 3 unspecified atom stereocenters. The summed E-state index contributed by atoms with van der Waals surface area (Å²) in [4.78, 5) is 5.35. The van der Waals surface area contributed by atoms with Gasteiger partial charge in [-0.3, -0.25) is 4.72 Å². The minimum Gasteiger partial charge on any atom is -0.406 e. The Labute approximate surface area is 204 Å². The highest BCUT2D eigenvalue weighted by Crippen LogP contribution is 2.50. The second-order valence-corrected chi connectivity index (χ2v) is 10.2. The number of ether oxygens (including phenoxy) is 1. The van der Waals surface area contributed by atoms with Crippen molar-refractivity contribution in [1.82, 2.24) is 4.72 Å². The number of anilines is 2. The van der Waals surface area contributed by atoms with Crippen molar-refractivity contribution in [3.63, 3.8) is 0 Å². The third kappa shape index (κ3) is 5.02. The van der Waals surface area contributed by atoms with E-state index >= 15 is 0 Å². The molecule has 2 aliphatic rings. The van der Waals surface area contributed by atoms with E-state index in [0.29, 0.717) is 0 Å². The van der Waals surface area contributed by atoms with Crippen LogP contribution in [-0.4, -0.2) is 29.7 Å². The number of hydrogen-bond donors (Lipinski definition) is 2. The van der Waals surface area contributed by atoms with Crippen molar-refractivity contribution in [3.05, 3.63) is 72.8 Å². The van der Waals surface area contributed by atoms with Gasteiger partial charge in [0.25, 0.3) is 0 Å². The van der Waals surface area contributed by atoms with E-state index in [-0.39, 0.29) is 17.8 Å². The van der Waals surface area contributed by atoms with Gasteiger partial charge in [0.1, 0.15) is 5.75 Å². The highest BCUT2D eigenvalue weighted by Gasteiger charge is 2.39. The molecule has 3 aromatic rings. The van der Waals surface area contributed by atoms with Gasteiger partial charge in [-0.2, -0.15) is 0 Å². The first-order valence-corrected chi connectivity index (χ1v) is 12.6. The van der Waals surface area contributed by atoms with Gasteiger partial charge in [-0.1, -0.05) is 36.0 Å². The lowest BCUT2D eigenvalue weighted by Crippen LogP contribution is -2.53. The Hall–Kier alpha value is -2.33. The molecule has 1 aliphatic heterocycles. The van der Waals surface area contributed by atoms with Crippen molar-refractivity contribution in [1.29, 1.82) is 0 Å². The topological polar surface area (TPSA) is 44.7 Å². The van der Waals surface area contributed by atoms with Crippen LogP contribution in [0, 0.1) is 0 Å². The largest absolute Gasteiger partial charge is 0.573 e. The Bertz CT molecular complexity index is 1100. The molecule has 1 saturated carbocycles. The van der Waals surface area contributed by atoms with Crippen molar-refractivity contribution < 1.29 is 23.0 Å². The number of para-hydroxylation sites is 2. The molecule has 5 rings (SSSR count). The Morgan fingerprint density at radius 3 is 2.15 bits per heavy atom. The molecular formula is C25H23F3N2O2S2. The Balaban J connectivity index is 1.32. The Morgan fingerprint density at radius 2 is 1.53 bits per heavy atom. The fourth-order valence-electron chi connectivity index (χ4n) is 4.51. The van der Waals surface area contributed by atoms with Crippen LogP contribution >= 0.6 is 23.7 Å². The predicted molar refractivity (Wildman–Crippen MR) is 129 cm³/mol. The summed E-state index contributed by atoms with van der Waals surface area (Å²) in [5.74, 6) is -0.255. The van der Waals surface area contributed by atoms with E-state index in [2.05, 4.69) is 38.6 Å². The predicted octanol–water partition coefficient (Wildman–Crippen LogP) is 6.77. The third-order valence-corrected chi connectivity index (χ3v) is 8.07. The van der Waals surface area contributed by atoms with Gasteiger partial charge in [0.15, 0.2) is 0 Å². The minimum atomic E-state index is -4.71. The summed E-state index contributed by atoms with van der Waals surface area (Å²) in [6.07, 6.45) is -2.71. The van der Waals surface area contributed by atoms with Crippen LogP contribution in [0.25, 0.3) is 0 Å². The molecule has 0 amide bonds. The second-order valence-electron chi connectivity index (χ2n) is 8.24. The molecule has 34 heavy (non-hydrogen) atoms. The van der Waals surface area contributed by atoms with Gasteiger partial charge in [0.05, 0.1) is 23.5 Å². The number of hydrogen-bond acceptors (Lipinski definition) is 6. The summed E-state index contributed by atoms with van der Waals surface area (Å²) in [7, 11) is 0.